The highest BCUT2D eigenvalue weighted by molar-refractivity contribution is 7.93. The Morgan fingerprint density at radius 1 is 0.640 bits per heavy atom. The molecule has 0 fully saturated rings. The van der Waals surface area contributed by atoms with E-state index in [9.17, 15) is 16.8 Å². The Morgan fingerprint density at radius 3 is 1.66 bits per heavy atom. The van der Waals surface area contributed by atoms with Crippen LogP contribution in [-0.2, 0) is 39.7 Å². The molecule has 19 heteroatoms. The molecule has 2 N–H and O–H groups in total. The lowest BCUT2D eigenvalue weighted by atomic mass is 10.2. The average molecular weight is 719 g/mol. The normalized spacial score (nSPS) is 11.6. The summed E-state index contributed by atoms with van der Waals surface area (Å²) in [5.41, 5.74) is 0.978. The molecular weight excluding hydrogens is 689 g/mol. The third kappa shape index (κ3) is 7.32. The molecule has 0 spiro atoms. The molecule has 0 saturated heterocycles. The van der Waals surface area contributed by atoms with Crippen LogP contribution >= 0.6 is 0 Å². The first-order valence-corrected chi connectivity index (χ1v) is 17.7. The number of ether oxygens (including phenoxy) is 3. The molecule has 6 aromatic rings. The van der Waals surface area contributed by atoms with Gasteiger partial charge in [-0.15, -0.1) is 20.4 Å². The summed E-state index contributed by atoms with van der Waals surface area (Å²) in [7, 11) is -5.63. The van der Waals surface area contributed by atoms with Crippen molar-refractivity contribution in [2.45, 2.75) is 29.5 Å². The predicted octanol–water partition coefficient (Wildman–Crippen LogP) is 3.10. The SMILES string of the molecule is COc1ccc(S(=O)(=O)N(Cc2nn[nH]n2)c2ccc(N(Cc3nn[nH]n3)S(=O)(=O)c3ccc(OC)cc3)c(OCc3ccccc3)c2)cc1. The van der Waals surface area contributed by atoms with Crippen LogP contribution in [-0.4, -0.2) is 72.3 Å². The van der Waals surface area contributed by atoms with Crippen molar-refractivity contribution in [1.29, 1.82) is 0 Å². The molecule has 6 rings (SSSR count). The summed E-state index contributed by atoms with van der Waals surface area (Å²) in [6.45, 7) is -0.645. The van der Waals surface area contributed by atoms with Crippen molar-refractivity contribution in [2.75, 3.05) is 22.8 Å². The van der Waals surface area contributed by atoms with Crippen LogP contribution in [0.2, 0.25) is 0 Å². The number of nitrogens with one attached hydrogen (secondary N) is 2. The molecule has 258 valence electrons. The van der Waals surface area contributed by atoms with Crippen molar-refractivity contribution in [2.24, 2.45) is 0 Å². The summed E-state index contributed by atoms with van der Waals surface area (Å²) in [4.78, 5) is -0.0980. The van der Waals surface area contributed by atoms with Gasteiger partial charge < -0.3 is 14.2 Å². The molecule has 4 aromatic carbocycles. The third-order valence-corrected chi connectivity index (χ3v) is 10.9. The lowest BCUT2D eigenvalue weighted by Crippen LogP contribution is -2.33. The number of anilines is 2. The summed E-state index contributed by atoms with van der Waals surface area (Å²) in [6.07, 6.45) is 0. The van der Waals surface area contributed by atoms with E-state index < -0.39 is 20.0 Å². The van der Waals surface area contributed by atoms with Crippen molar-refractivity contribution >= 4 is 31.4 Å². The summed E-state index contributed by atoms with van der Waals surface area (Å²) >= 11 is 0. The number of aromatic amines is 2. The molecule has 0 aliphatic rings. The highest BCUT2D eigenvalue weighted by Crippen LogP contribution is 2.39. The largest absolute Gasteiger partial charge is 0.497 e. The maximum Gasteiger partial charge on any atom is 0.264 e. The molecule has 0 aliphatic heterocycles. The monoisotopic (exact) mass is 718 g/mol. The number of aromatic nitrogens is 8. The standard InChI is InChI=1S/C31H30N10O7S2/c1-46-24-9-13-26(14-10-24)49(42,43)40(19-30-32-36-37-33-30)23-8-17-28(29(18-23)48-21-22-6-4-3-5-7-22)41(20-31-34-38-39-35-31)50(44,45)27-15-11-25(47-2)12-16-27/h3-18H,19-21H2,1-2H3,(H,32,33,36,37)(H,34,35,38,39). The van der Waals surface area contributed by atoms with Gasteiger partial charge >= 0.3 is 0 Å². The van der Waals surface area contributed by atoms with Crippen LogP contribution in [0.4, 0.5) is 11.4 Å². The molecule has 0 atom stereocenters. The van der Waals surface area contributed by atoms with Crippen molar-refractivity contribution in [1.82, 2.24) is 41.2 Å². The lowest BCUT2D eigenvalue weighted by molar-refractivity contribution is 0.307. The highest BCUT2D eigenvalue weighted by atomic mass is 32.2. The molecule has 0 saturated carbocycles. The summed E-state index contributed by atoms with van der Waals surface area (Å²) < 4.78 is 75.8. The number of sulfonamides is 2. The number of hydrogen-bond donors (Lipinski definition) is 2. The number of tetrazole rings is 2. The fourth-order valence-electron chi connectivity index (χ4n) is 4.84. The van der Waals surface area contributed by atoms with E-state index in [4.69, 9.17) is 14.2 Å². The van der Waals surface area contributed by atoms with Gasteiger partial charge in [-0.1, -0.05) is 40.8 Å². The Morgan fingerprint density at radius 2 is 1.16 bits per heavy atom. The van der Waals surface area contributed by atoms with Crippen molar-refractivity contribution < 1.29 is 31.0 Å². The summed E-state index contributed by atoms with van der Waals surface area (Å²) in [5.74, 6) is 1.12. The molecule has 17 nitrogen and oxygen atoms in total. The minimum atomic E-state index is -4.31. The van der Waals surface area contributed by atoms with Crippen LogP contribution in [0.25, 0.3) is 0 Å². The van der Waals surface area contributed by atoms with Crippen molar-refractivity contribution in [3.8, 4) is 17.2 Å². The fourth-order valence-corrected chi connectivity index (χ4v) is 7.68. The number of H-pyrrole nitrogens is 2. The fraction of sp³-hybridized carbons (Fsp3) is 0.161. The van der Waals surface area contributed by atoms with Gasteiger partial charge in [-0.2, -0.15) is 10.4 Å². The summed E-state index contributed by atoms with van der Waals surface area (Å²) in [6, 6.07) is 25.3. The maximum atomic E-state index is 14.3. The minimum Gasteiger partial charge on any atom is -0.497 e. The third-order valence-electron chi connectivity index (χ3n) is 7.38. The maximum absolute atomic E-state index is 14.3. The Hall–Kier alpha value is -6.08. The van der Waals surface area contributed by atoms with E-state index in [-0.39, 0.29) is 58.3 Å². The Labute approximate surface area is 286 Å². The first-order valence-electron chi connectivity index (χ1n) is 14.8. The zero-order valence-electron chi connectivity index (χ0n) is 26.6. The molecule has 0 unspecified atom stereocenters. The Kier molecular flexibility index (Phi) is 9.86. The molecule has 0 radical (unpaired) electrons. The van der Waals surface area contributed by atoms with E-state index in [2.05, 4.69) is 41.2 Å². The van der Waals surface area contributed by atoms with E-state index in [1.165, 1.54) is 80.9 Å². The van der Waals surface area contributed by atoms with E-state index in [1.54, 1.807) is 0 Å². The molecule has 0 bridgehead atoms. The topological polar surface area (TPSA) is 211 Å². The van der Waals surface area contributed by atoms with E-state index in [1.807, 2.05) is 30.3 Å². The van der Waals surface area contributed by atoms with Crippen molar-refractivity contribution in [3.63, 3.8) is 0 Å². The van der Waals surface area contributed by atoms with Gasteiger partial charge in [0.1, 0.15) is 23.9 Å². The number of methoxy groups -OCH3 is 2. The van der Waals surface area contributed by atoms with Gasteiger partial charge in [-0.25, -0.2) is 16.8 Å². The van der Waals surface area contributed by atoms with Gasteiger partial charge in [0.05, 0.1) is 48.5 Å². The van der Waals surface area contributed by atoms with E-state index >= 15 is 0 Å². The van der Waals surface area contributed by atoms with Gasteiger partial charge in [-0.3, -0.25) is 8.61 Å². The zero-order valence-corrected chi connectivity index (χ0v) is 28.2. The second kappa shape index (κ2) is 14.6. The van der Waals surface area contributed by atoms with Crippen LogP contribution in [0.5, 0.6) is 17.2 Å². The molecule has 0 aliphatic carbocycles. The smallest absolute Gasteiger partial charge is 0.264 e. The van der Waals surface area contributed by atoms with Crippen molar-refractivity contribution in [3.05, 3.63) is 114 Å². The number of rotatable bonds is 15. The molecule has 0 amide bonds. The van der Waals surface area contributed by atoms with Crippen LogP contribution in [0.15, 0.2) is 107 Å². The van der Waals surface area contributed by atoms with Gasteiger partial charge in [0, 0.05) is 6.07 Å². The highest BCUT2D eigenvalue weighted by Gasteiger charge is 2.32. The summed E-state index contributed by atoms with van der Waals surface area (Å²) in [5, 5.41) is 27.7. The van der Waals surface area contributed by atoms with Gasteiger partial charge in [0.2, 0.25) is 0 Å². The van der Waals surface area contributed by atoms with E-state index in [0.29, 0.717) is 11.5 Å². The zero-order chi connectivity index (χ0) is 35.1. The second-order valence-electron chi connectivity index (χ2n) is 10.5. The van der Waals surface area contributed by atoms with Gasteiger partial charge in [-0.05, 0) is 66.2 Å². The molecule has 50 heavy (non-hydrogen) atoms. The number of hydrogen-bond acceptors (Lipinski definition) is 13. The van der Waals surface area contributed by atoms with Crippen LogP contribution in [0, 0.1) is 0 Å². The average Bonchev–Trinajstić information content (AvgIpc) is 3.87. The van der Waals surface area contributed by atoms with E-state index in [0.717, 1.165) is 14.2 Å². The first-order chi connectivity index (χ1) is 24.2. The molecular formula is C31H30N10O7S2. The molecule has 2 aromatic heterocycles. The van der Waals surface area contributed by atoms with Gasteiger partial charge in [0.25, 0.3) is 20.0 Å². The lowest BCUT2D eigenvalue weighted by Gasteiger charge is -2.28. The number of benzene rings is 4. The molecule has 2 heterocycles. The van der Waals surface area contributed by atoms with Crippen LogP contribution in [0.1, 0.15) is 17.2 Å². The number of nitrogens with zero attached hydrogens (tertiary/aromatic N) is 8. The predicted molar refractivity (Wildman–Crippen MR) is 178 cm³/mol. The van der Waals surface area contributed by atoms with Gasteiger partial charge in [0.15, 0.2) is 11.6 Å². The Balaban J connectivity index is 1.50. The second-order valence-corrected chi connectivity index (χ2v) is 14.2. The van der Waals surface area contributed by atoms with Crippen LogP contribution < -0.4 is 22.8 Å². The van der Waals surface area contributed by atoms with Crippen LogP contribution in [0.3, 0.4) is 0 Å². The first kappa shape index (κ1) is 33.8. The minimum absolute atomic E-state index is 0.0198. The Bertz CT molecular complexity index is 2220. The quantitative estimate of drug-likeness (QED) is 0.157.